The molecule has 0 radical (unpaired) electrons. The molecule has 0 rings (SSSR count). The first-order valence-corrected chi connectivity index (χ1v) is 10.2. The summed E-state index contributed by atoms with van der Waals surface area (Å²) in [5.74, 6) is 0. The van der Waals surface area contributed by atoms with E-state index in [1.165, 1.54) is 0 Å². The molecule has 0 atom stereocenters. The zero-order valence-electron chi connectivity index (χ0n) is 15.2. The second-order valence-corrected chi connectivity index (χ2v) is 12.7. The third-order valence-electron chi connectivity index (χ3n) is 3.61. The Kier molecular flexibility index (Phi) is 15.1. The quantitative estimate of drug-likeness (QED) is 0.618. The summed E-state index contributed by atoms with van der Waals surface area (Å²) in [6.07, 6.45) is 0. The summed E-state index contributed by atoms with van der Waals surface area (Å²) in [4.78, 5) is 0. The third kappa shape index (κ3) is 9.18. The molecule has 0 aromatic rings. The fourth-order valence-corrected chi connectivity index (χ4v) is 8.52. The van der Waals surface area contributed by atoms with E-state index in [1.54, 1.807) is 28.3 Å². The zero-order valence-corrected chi connectivity index (χ0v) is 19.4. The van der Waals surface area contributed by atoms with Gasteiger partial charge in [-0.3, -0.25) is 0 Å². The number of ether oxygens (including phenoxy) is 1. The summed E-state index contributed by atoms with van der Waals surface area (Å²) in [5.41, 5.74) is 2.11. The van der Waals surface area contributed by atoms with E-state index in [0.717, 1.165) is 0 Å². The van der Waals surface area contributed by atoms with E-state index in [2.05, 4.69) is 41.5 Å². The maximum absolute atomic E-state index is 6.04. The molecule has 0 N–H and O–H groups in total. The Labute approximate surface area is 151 Å². The molecule has 0 heterocycles. The van der Waals surface area contributed by atoms with Gasteiger partial charge in [-0.15, -0.1) is 17.0 Å². The Morgan fingerprint density at radius 1 is 0.900 bits per heavy atom. The molecule has 0 saturated carbocycles. The number of hydrogen-bond acceptors (Lipinski definition) is 2. The van der Waals surface area contributed by atoms with Crippen molar-refractivity contribution in [2.24, 2.45) is 0 Å². The Balaban J connectivity index is -0.000000352. The van der Waals surface area contributed by atoms with Gasteiger partial charge in [0.2, 0.25) is 0 Å². The van der Waals surface area contributed by atoms with Crippen molar-refractivity contribution in [3.8, 4) is 0 Å². The molecule has 0 aliphatic carbocycles. The fraction of sp³-hybridized carbons (Fsp3) is 0.933. The van der Waals surface area contributed by atoms with Crippen LogP contribution in [-0.4, -0.2) is 46.6 Å². The predicted molar refractivity (Wildman–Crippen MR) is 101 cm³/mol. The Hall–Kier alpha value is 1.09. The van der Waals surface area contributed by atoms with Crippen LogP contribution in [0.2, 0.25) is 16.6 Å². The van der Waals surface area contributed by atoms with Crippen molar-refractivity contribution in [1.29, 1.82) is 0 Å². The van der Waals surface area contributed by atoms with Crippen LogP contribution < -0.4 is 0 Å². The smallest absolute Gasteiger partial charge is 0.0594 e. The van der Waals surface area contributed by atoms with Gasteiger partial charge in [0.05, 0.1) is 5.60 Å². The van der Waals surface area contributed by atoms with Gasteiger partial charge in [0.1, 0.15) is 0 Å². The first-order chi connectivity index (χ1) is 8.45. The normalized spacial score (nSPS) is 11.9. The van der Waals surface area contributed by atoms with Crippen LogP contribution in [0.4, 0.5) is 0 Å². The van der Waals surface area contributed by atoms with Gasteiger partial charge in [-0.1, -0.05) is 0 Å². The van der Waals surface area contributed by atoms with Gasteiger partial charge in [0.25, 0.3) is 0 Å². The Morgan fingerprint density at radius 3 is 1.20 bits per heavy atom. The summed E-state index contributed by atoms with van der Waals surface area (Å²) in [7, 11) is 0.132. The molecule has 0 saturated heterocycles. The molecule has 0 unspecified atom stereocenters. The van der Waals surface area contributed by atoms with Crippen LogP contribution in [0.1, 0.15) is 62.3 Å². The van der Waals surface area contributed by atoms with E-state index in [1.807, 2.05) is 25.1 Å². The van der Waals surface area contributed by atoms with Crippen molar-refractivity contribution >= 4 is 50.9 Å². The first kappa shape index (κ1) is 26.0. The molecule has 0 aliphatic rings. The van der Waals surface area contributed by atoms with E-state index in [4.69, 9.17) is 9.16 Å². The summed E-state index contributed by atoms with van der Waals surface area (Å²) in [5, 5.41) is 0. The van der Waals surface area contributed by atoms with E-state index >= 15 is 0 Å². The van der Waals surface area contributed by atoms with Gasteiger partial charge in [0, 0.05) is 7.11 Å². The molecule has 0 aliphatic heterocycles. The Bertz CT molecular complexity index is 229. The number of rotatable bonds is 5. The minimum atomic E-state index is -1.58. The molecule has 120 valence electrons. The molecule has 0 aromatic carbocycles. The molecule has 0 bridgehead atoms. The second kappa shape index (κ2) is 11.6. The van der Waals surface area contributed by atoms with Gasteiger partial charge in [-0.05, 0) is 20.8 Å². The van der Waals surface area contributed by atoms with Gasteiger partial charge in [-0.2, -0.15) is 0 Å². The first-order valence-electron chi connectivity index (χ1n) is 7.29. The molecule has 0 amide bonds. The molecule has 0 aromatic heterocycles. The van der Waals surface area contributed by atoms with E-state index in [9.17, 15) is 0 Å². The topological polar surface area (TPSA) is 18.5 Å². The standard InChI is InChI=1S/C10H22OSi.C5H12O.BrH.Mg/c1-8(2)12(11-7,9(3)4)10(5)6;1-5(2,3)6-4;;/h7-10H,1-6H3;1-4H3;1H;. The monoisotopic (exact) mass is 378 g/mol. The van der Waals surface area contributed by atoms with Crippen molar-refractivity contribution in [2.45, 2.75) is 84.5 Å². The van der Waals surface area contributed by atoms with Gasteiger partial charge >= 0.3 is 96.5 Å². The summed E-state index contributed by atoms with van der Waals surface area (Å²) in [6, 6.07) is 0. The SMILES string of the molecule is Br.CC(C)[Si](O[CH]=[Mg])(C(C)C)C(C)C.COC(C)(C)C. The number of hydrogen-bond donors (Lipinski definition) is 0. The van der Waals surface area contributed by atoms with Gasteiger partial charge < -0.3 is 4.74 Å². The Morgan fingerprint density at radius 2 is 1.15 bits per heavy atom. The van der Waals surface area contributed by atoms with Crippen LogP contribution in [-0.2, 0) is 9.16 Å². The van der Waals surface area contributed by atoms with Crippen LogP contribution in [0.15, 0.2) is 0 Å². The van der Waals surface area contributed by atoms with Crippen molar-refractivity contribution < 1.29 is 9.16 Å². The zero-order chi connectivity index (χ0) is 15.9. The van der Waals surface area contributed by atoms with Crippen LogP contribution in [0.25, 0.3) is 0 Å². The predicted octanol–water partition coefficient (Wildman–Crippen LogP) is 5.12. The molecule has 20 heavy (non-hydrogen) atoms. The van der Waals surface area contributed by atoms with Crippen LogP contribution >= 0.6 is 17.0 Å². The average molecular weight is 380 g/mol. The van der Waals surface area contributed by atoms with E-state index < -0.39 is 8.32 Å². The van der Waals surface area contributed by atoms with Crippen molar-refractivity contribution in [1.82, 2.24) is 0 Å². The van der Waals surface area contributed by atoms with Crippen LogP contribution in [0.3, 0.4) is 0 Å². The van der Waals surface area contributed by atoms with Crippen LogP contribution in [0.5, 0.6) is 0 Å². The summed E-state index contributed by atoms with van der Waals surface area (Å²) >= 11 is 1.80. The molecule has 0 fully saturated rings. The van der Waals surface area contributed by atoms with E-state index in [-0.39, 0.29) is 22.6 Å². The maximum atomic E-state index is 6.04. The molecule has 0 spiro atoms. The summed E-state index contributed by atoms with van der Waals surface area (Å²) < 4.78 is 12.9. The fourth-order valence-electron chi connectivity index (χ4n) is 2.55. The number of halogens is 1. The molecular weight excluding hydrogens is 344 g/mol. The average Bonchev–Trinajstić information content (AvgIpc) is 2.24. The van der Waals surface area contributed by atoms with Crippen molar-refractivity contribution in [3.63, 3.8) is 0 Å². The third-order valence-corrected chi connectivity index (χ3v) is 10.1. The second-order valence-electron chi connectivity index (χ2n) is 6.92. The van der Waals surface area contributed by atoms with Gasteiger partial charge in [-0.25, -0.2) is 0 Å². The molecular formula is C15H35BrMgO2Si. The largest absolute Gasteiger partial charge is 0.379 e. The maximum Gasteiger partial charge on any atom is 0.0594 e. The number of methoxy groups -OCH3 is 1. The molecule has 2 nitrogen and oxygen atoms in total. The van der Waals surface area contributed by atoms with Crippen LogP contribution in [0, 0.1) is 0 Å². The molecule has 5 heteroatoms. The summed E-state index contributed by atoms with van der Waals surface area (Å²) in [6.45, 7) is 19.9. The van der Waals surface area contributed by atoms with Gasteiger partial charge in [0.15, 0.2) is 0 Å². The van der Waals surface area contributed by atoms with Crippen molar-refractivity contribution in [2.75, 3.05) is 7.11 Å². The van der Waals surface area contributed by atoms with Crippen molar-refractivity contribution in [3.05, 3.63) is 0 Å². The minimum absolute atomic E-state index is 0. The van der Waals surface area contributed by atoms with E-state index in [0.29, 0.717) is 16.6 Å². The minimum Gasteiger partial charge on any atom is -0.379 e.